The monoisotopic (exact) mass is 374 g/mol. The molecule has 0 saturated carbocycles. The first-order valence-corrected chi connectivity index (χ1v) is 8.22. The van der Waals surface area contributed by atoms with Crippen molar-refractivity contribution < 1.29 is 0 Å². The molecule has 0 aliphatic carbocycles. The Morgan fingerprint density at radius 1 is 1.28 bits per heavy atom. The molecule has 0 atom stereocenters. The summed E-state index contributed by atoms with van der Waals surface area (Å²) in [4.78, 5) is 2.47. The lowest BCUT2D eigenvalue weighted by atomic mass is 10.0. The first-order valence-electron chi connectivity index (χ1n) is 6.64. The van der Waals surface area contributed by atoms with E-state index in [0.717, 1.165) is 24.1 Å². The summed E-state index contributed by atoms with van der Waals surface area (Å²) in [5, 5.41) is 3.62. The first kappa shape index (κ1) is 14.4. The molecule has 4 heteroatoms. The second-order valence-electron chi connectivity index (χ2n) is 4.81. The predicted octanol–water partition coefficient (Wildman–Crippen LogP) is 4.18. The van der Waals surface area contributed by atoms with Crippen molar-refractivity contribution in [2.45, 2.75) is 32.2 Å². The molecular formula is C14H20Br2N2. The van der Waals surface area contributed by atoms with E-state index in [2.05, 4.69) is 67.2 Å². The van der Waals surface area contributed by atoms with E-state index in [4.69, 9.17) is 0 Å². The van der Waals surface area contributed by atoms with E-state index < -0.39 is 0 Å². The van der Waals surface area contributed by atoms with Crippen LogP contribution in [0.15, 0.2) is 27.1 Å². The molecule has 0 bridgehead atoms. The second-order valence-corrected chi connectivity index (χ2v) is 6.58. The van der Waals surface area contributed by atoms with E-state index in [1.54, 1.807) is 0 Å². The van der Waals surface area contributed by atoms with E-state index in [1.165, 1.54) is 29.4 Å². The number of anilines is 1. The van der Waals surface area contributed by atoms with Crippen LogP contribution in [0.25, 0.3) is 0 Å². The maximum absolute atomic E-state index is 3.65. The van der Waals surface area contributed by atoms with Gasteiger partial charge in [-0.1, -0.05) is 22.9 Å². The molecule has 1 fully saturated rings. The number of benzene rings is 1. The molecule has 1 aromatic carbocycles. The van der Waals surface area contributed by atoms with E-state index in [1.807, 2.05) is 0 Å². The third-order valence-corrected chi connectivity index (χ3v) is 4.56. The van der Waals surface area contributed by atoms with Gasteiger partial charge in [0, 0.05) is 28.1 Å². The van der Waals surface area contributed by atoms with Crippen LogP contribution in [0.1, 0.15) is 26.2 Å². The zero-order valence-electron chi connectivity index (χ0n) is 10.8. The number of nitrogens with one attached hydrogen (secondary N) is 1. The molecule has 100 valence electrons. The minimum Gasteiger partial charge on any atom is -0.371 e. The van der Waals surface area contributed by atoms with E-state index >= 15 is 0 Å². The highest BCUT2D eigenvalue weighted by molar-refractivity contribution is 9.11. The topological polar surface area (TPSA) is 15.3 Å². The molecule has 1 aromatic rings. The van der Waals surface area contributed by atoms with Gasteiger partial charge in [-0.05, 0) is 59.9 Å². The molecule has 18 heavy (non-hydrogen) atoms. The van der Waals surface area contributed by atoms with Crippen molar-refractivity contribution in [3.63, 3.8) is 0 Å². The van der Waals surface area contributed by atoms with Crippen LogP contribution in [0.5, 0.6) is 0 Å². The van der Waals surface area contributed by atoms with Crippen LogP contribution in [0.4, 0.5) is 5.69 Å². The van der Waals surface area contributed by atoms with Crippen LogP contribution in [0.2, 0.25) is 0 Å². The average molecular weight is 376 g/mol. The highest BCUT2D eigenvalue weighted by Gasteiger charge is 2.19. The van der Waals surface area contributed by atoms with Crippen molar-refractivity contribution in [3.8, 4) is 0 Å². The average Bonchev–Trinajstić information content (AvgIpc) is 2.37. The molecule has 0 spiro atoms. The quantitative estimate of drug-likeness (QED) is 0.849. The minimum atomic E-state index is 0.704. The summed E-state index contributed by atoms with van der Waals surface area (Å²) < 4.78 is 2.30. The van der Waals surface area contributed by atoms with E-state index in [0.29, 0.717) is 6.04 Å². The Balaban J connectivity index is 1.93. The molecular weight excluding hydrogens is 356 g/mol. The van der Waals surface area contributed by atoms with Crippen molar-refractivity contribution in [1.82, 2.24) is 5.32 Å². The Bertz CT molecular complexity index is 387. The van der Waals surface area contributed by atoms with Crippen LogP contribution in [-0.4, -0.2) is 25.7 Å². The molecule has 0 aromatic heterocycles. The molecule has 1 aliphatic rings. The van der Waals surface area contributed by atoms with Gasteiger partial charge < -0.3 is 10.2 Å². The Morgan fingerprint density at radius 2 is 2.00 bits per heavy atom. The first-order chi connectivity index (χ1) is 8.70. The highest BCUT2D eigenvalue weighted by Crippen LogP contribution is 2.31. The molecule has 0 radical (unpaired) electrons. The summed E-state index contributed by atoms with van der Waals surface area (Å²) in [7, 11) is 0. The molecule has 0 amide bonds. The summed E-state index contributed by atoms with van der Waals surface area (Å²) in [6.45, 7) is 5.65. The number of hydrogen-bond donors (Lipinski definition) is 1. The normalized spacial score (nSPS) is 17.2. The van der Waals surface area contributed by atoms with Gasteiger partial charge in [0.2, 0.25) is 0 Å². The maximum Gasteiger partial charge on any atom is 0.0511 e. The van der Waals surface area contributed by atoms with Gasteiger partial charge >= 0.3 is 0 Å². The fraction of sp³-hybridized carbons (Fsp3) is 0.571. The molecule has 1 N–H and O–H groups in total. The maximum atomic E-state index is 3.65. The third-order valence-electron chi connectivity index (χ3n) is 3.43. The van der Waals surface area contributed by atoms with Crippen molar-refractivity contribution in [2.24, 2.45) is 0 Å². The number of hydrogen-bond acceptors (Lipinski definition) is 2. The largest absolute Gasteiger partial charge is 0.371 e. The molecule has 0 unspecified atom stereocenters. The van der Waals surface area contributed by atoms with Crippen molar-refractivity contribution >= 4 is 37.5 Å². The number of nitrogens with zero attached hydrogens (tertiary/aromatic N) is 1. The Kier molecular flexibility index (Phi) is 5.52. The molecule has 1 heterocycles. The smallest absolute Gasteiger partial charge is 0.0511 e. The van der Waals surface area contributed by atoms with Crippen LogP contribution in [0.3, 0.4) is 0 Å². The van der Waals surface area contributed by atoms with Crippen molar-refractivity contribution in [1.29, 1.82) is 0 Å². The van der Waals surface area contributed by atoms with Gasteiger partial charge in [0.15, 0.2) is 0 Å². The van der Waals surface area contributed by atoms with Gasteiger partial charge in [-0.15, -0.1) is 0 Å². The Labute approximate surface area is 126 Å². The lowest BCUT2D eigenvalue weighted by Crippen LogP contribution is -2.42. The van der Waals surface area contributed by atoms with Crippen LogP contribution >= 0.6 is 31.9 Å². The SMILES string of the molecule is CCCNC1CCN(c2ccc(Br)cc2Br)CC1. The Hall–Kier alpha value is -0.0600. The van der Waals surface area contributed by atoms with Crippen LogP contribution in [-0.2, 0) is 0 Å². The van der Waals surface area contributed by atoms with Crippen molar-refractivity contribution in [3.05, 3.63) is 27.1 Å². The van der Waals surface area contributed by atoms with Gasteiger partial charge in [-0.3, -0.25) is 0 Å². The van der Waals surface area contributed by atoms with Crippen LogP contribution in [0, 0.1) is 0 Å². The fourth-order valence-corrected chi connectivity index (χ4v) is 3.71. The summed E-state index contributed by atoms with van der Waals surface area (Å²) in [5.41, 5.74) is 1.31. The molecule has 1 saturated heterocycles. The van der Waals surface area contributed by atoms with Gasteiger partial charge in [-0.2, -0.15) is 0 Å². The van der Waals surface area contributed by atoms with Gasteiger partial charge in [-0.25, -0.2) is 0 Å². The minimum absolute atomic E-state index is 0.704. The standard InChI is InChI=1S/C14H20Br2N2/c1-2-7-17-12-5-8-18(9-6-12)14-4-3-11(15)10-13(14)16/h3-4,10,12,17H,2,5-9H2,1H3. The van der Waals surface area contributed by atoms with Gasteiger partial charge in [0.25, 0.3) is 0 Å². The third kappa shape index (κ3) is 3.72. The Morgan fingerprint density at radius 3 is 2.61 bits per heavy atom. The van der Waals surface area contributed by atoms with E-state index in [9.17, 15) is 0 Å². The molecule has 2 nitrogen and oxygen atoms in total. The molecule has 2 rings (SSSR count). The summed E-state index contributed by atoms with van der Waals surface area (Å²) >= 11 is 7.15. The molecule has 1 aliphatic heterocycles. The lowest BCUT2D eigenvalue weighted by molar-refractivity contribution is 0.416. The van der Waals surface area contributed by atoms with Crippen LogP contribution < -0.4 is 10.2 Å². The van der Waals surface area contributed by atoms with Crippen molar-refractivity contribution in [2.75, 3.05) is 24.5 Å². The predicted molar refractivity (Wildman–Crippen MR) is 85.4 cm³/mol. The fourth-order valence-electron chi connectivity index (χ4n) is 2.41. The number of piperidine rings is 1. The summed E-state index contributed by atoms with van der Waals surface area (Å²) in [6.07, 6.45) is 3.70. The zero-order chi connectivity index (χ0) is 13.0. The zero-order valence-corrected chi connectivity index (χ0v) is 13.9. The van der Waals surface area contributed by atoms with Gasteiger partial charge in [0.05, 0.1) is 5.69 Å². The van der Waals surface area contributed by atoms with Gasteiger partial charge in [0.1, 0.15) is 0 Å². The van der Waals surface area contributed by atoms with E-state index in [-0.39, 0.29) is 0 Å². The lowest BCUT2D eigenvalue weighted by Gasteiger charge is -2.34. The second kappa shape index (κ2) is 6.92. The summed E-state index contributed by atoms with van der Waals surface area (Å²) in [6, 6.07) is 7.13. The number of rotatable bonds is 4. The summed E-state index contributed by atoms with van der Waals surface area (Å²) in [5.74, 6) is 0. The highest BCUT2D eigenvalue weighted by atomic mass is 79.9. The number of halogens is 2.